The summed E-state index contributed by atoms with van der Waals surface area (Å²) in [5.41, 5.74) is 1.01. The molecule has 0 saturated heterocycles. The van der Waals surface area contributed by atoms with Gasteiger partial charge in [0.05, 0.1) is 0 Å². The third kappa shape index (κ3) is 4.03. The van der Waals surface area contributed by atoms with Gasteiger partial charge in [-0.05, 0) is 35.4 Å². The number of amides is 1. The van der Waals surface area contributed by atoms with E-state index in [1.165, 1.54) is 11.0 Å². The number of carbonyl (C=O) groups excluding carboxylic acids is 1. The Morgan fingerprint density at radius 1 is 1.47 bits per heavy atom. The predicted octanol–water partition coefficient (Wildman–Crippen LogP) is 1.07. The molecule has 1 N–H and O–H groups in total. The molecule has 7 heteroatoms. The van der Waals surface area contributed by atoms with E-state index < -0.39 is 0 Å². The fraction of sp³-hybridized carbons (Fsp3) is 0.333. The molecule has 1 aromatic heterocycles. The summed E-state index contributed by atoms with van der Waals surface area (Å²) in [4.78, 5) is 11.7. The van der Waals surface area contributed by atoms with Crippen LogP contribution < -0.4 is 5.32 Å². The third-order valence-corrected chi connectivity index (χ3v) is 2.96. The van der Waals surface area contributed by atoms with E-state index in [0.29, 0.717) is 11.4 Å². The van der Waals surface area contributed by atoms with Gasteiger partial charge in [-0.1, -0.05) is 29.8 Å². The number of aromatic nitrogens is 4. The van der Waals surface area contributed by atoms with Crippen molar-refractivity contribution in [3.8, 4) is 0 Å². The van der Waals surface area contributed by atoms with Gasteiger partial charge in [0, 0.05) is 11.1 Å². The van der Waals surface area contributed by atoms with Crippen molar-refractivity contribution >= 4 is 17.5 Å². The monoisotopic (exact) mass is 279 g/mol. The van der Waals surface area contributed by atoms with Crippen LogP contribution in [-0.2, 0) is 17.8 Å². The summed E-state index contributed by atoms with van der Waals surface area (Å²) in [6, 6.07) is 7.59. The molecule has 2 rings (SSSR count). The minimum Gasteiger partial charge on any atom is -0.352 e. The highest BCUT2D eigenvalue weighted by molar-refractivity contribution is 6.31. The van der Waals surface area contributed by atoms with Crippen molar-refractivity contribution in [1.29, 1.82) is 0 Å². The highest BCUT2D eigenvalue weighted by Crippen LogP contribution is 2.16. The lowest BCUT2D eigenvalue weighted by Crippen LogP contribution is -2.36. The highest BCUT2D eigenvalue weighted by Gasteiger charge is 2.10. The van der Waals surface area contributed by atoms with Crippen LogP contribution in [0.4, 0.5) is 0 Å². The first-order chi connectivity index (χ1) is 9.15. The van der Waals surface area contributed by atoms with Gasteiger partial charge >= 0.3 is 0 Å². The van der Waals surface area contributed by atoms with Gasteiger partial charge in [0.25, 0.3) is 0 Å². The largest absolute Gasteiger partial charge is 0.352 e. The highest BCUT2D eigenvalue weighted by atomic mass is 35.5. The minimum atomic E-state index is -0.133. The zero-order valence-corrected chi connectivity index (χ0v) is 11.2. The maximum Gasteiger partial charge on any atom is 0.242 e. The SMILES string of the molecule is C[C@H](Cc1ccccc1Cl)NC(=O)Cn1cnnn1. The van der Waals surface area contributed by atoms with Crippen molar-refractivity contribution in [2.75, 3.05) is 0 Å². The minimum absolute atomic E-state index is 0.0103. The van der Waals surface area contributed by atoms with Gasteiger partial charge < -0.3 is 5.32 Å². The first-order valence-corrected chi connectivity index (χ1v) is 6.26. The molecule has 1 atom stereocenters. The Morgan fingerprint density at radius 3 is 2.95 bits per heavy atom. The molecule has 0 saturated carbocycles. The molecule has 0 aliphatic heterocycles. The van der Waals surface area contributed by atoms with E-state index in [9.17, 15) is 4.79 Å². The average Bonchev–Trinajstić information content (AvgIpc) is 2.84. The number of nitrogens with zero attached hydrogens (tertiary/aromatic N) is 4. The van der Waals surface area contributed by atoms with Crippen molar-refractivity contribution in [2.24, 2.45) is 0 Å². The van der Waals surface area contributed by atoms with Gasteiger partial charge in [0.15, 0.2) is 0 Å². The smallest absolute Gasteiger partial charge is 0.242 e. The quantitative estimate of drug-likeness (QED) is 0.889. The third-order valence-electron chi connectivity index (χ3n) is 2.59. The van der Waals surface area contributed by atoms with Gasteiger partial charge in [-0.2, -0.15) is 0 Å². The van der Waals surface area contributed by atoms with Gasteiger partial charge in [-0.25, -0.2) is 4.68 Å². The maximum atomic E-state index is 11.7. The fourth-order valence-corrected chi connectivity index (χ4v) is 1.98. The second-order valence-corrected chi connectivity index (χ2v) is 4.68. The summed E-state index contributed by atoms with van der Waals surface area (Å²) in [7, 11) is 0. The van der Waals surface area contributed by atoms with Crippen molar-refractivity contribution in [3.05, 3.63) is 41.2 Å². The van der Waals surface area contributed by atoms with Gasteiger partial charge in [0.2, 0.25) is 5.91 Å². The Kier molecular flexibility index (Phi) is 4.46. The molecule has 0 aliphatic carbocycles. The molecule has 100 valence electrons. The molecule has 1 amide bonds. The summed E-state index contributed by atoms with van der Waals surface area (Å²) in [5.74, 6) is -0.133. The number of hydrogen-bond acceptors (Lipinski definition) is 4. The molecule has 0 bridgehead atoms. The summed E-state index contributed by atoms with van der Waals surface area (Å²) < 4.78 is 1.37. The number of hydrogen-bond donors (Lipinski definition) is 1. The average molecular weight is 280 g/mol. The van der Waals surface area contributed by atoms with E-state index in [1.807, 2.05) is 31.2 Å². The van der Waals surface area contributed by atoms with Gasteiger partial charge in [-0.3, -0.25) is 4.79 Å². The molecule has 0 fully saturated rings. The molecule has 1 heterocycles. The van der Waals surface area contributed by atoms with Crippen LogP contribution in [0.3, 0.4) is 0 Å². The van der Waals surface area contributed by atoms with Crippen molar-refractivity contribution in [1.82, 2.24) is 25.5 Å². The first-order valence-electron chi connectivity index (χ1n) is 5.88. The number of tetrazole rings is 1. The summed E-state index contributed by atoms with van der Waals surface area (Å²) in [6.45, 7) is 2.04. The molecular weight excluding hydrogens is 266 g/mol. The van der Waals surface area contributed by atoms with Crippen molar-refractivity contribution < 1.29 is 4.79 Å². The van der Waals surface area contributed by atoms with Crippen LogP contribution in [0, 0.1) is 0 Å². The lowest BCUT2D eigenvalue weighted by atomic mass is 10.1. The Labute approximate surface area is 115 Å². The van der Waals surface area contributed by atoms with E-state index in [0.717, 1.165) is 5.56 Å². The zero-order chi connectivity index (χ0) is 13.7. The summed E-state index contributed by atoms with van der Waals surface area (Å²) >= 11 is 6.08. The number of carbonyl (C=O) groups is 1. The van der Waals surface area contributed by atoms with E-state index in [1.54, 1.807) is 0 Å². The van der Waals surface area contributed by atoms with E-state index >= 15 is 0 Å². The van der Waals surface area contributed by atoms with Crippen LogP contribution >= 0.6 is 11.6 Å². The molecule has 0 radical (unpaired) electrons. The van der Waals surface area contributed by atoms with E-state index in [-0.39, 0.29) is 18.5 Å². The van der Waals surface area contributed by atoms with Crippen LogP contribution in [0.5, 0.6) is 0 Å². The van der Waals surface area contributed by atoms with Gasteiger partial charge in [0.1, 0.15) is 12.9 Å². The number of benzene rings is 1. The normalized spacial score (nSPS) is 12.1. The second kappa shape index (κ2) is 6.29. The maximum absolute atomic E-state index is 11.7. The first kappa shape index (κ1) is 13.5. The molecular formula is C12H14ClN5O. The molecule has 0 aliphatic rings. The van der Waals surface area contributed by atoms with Crippen LogP contribution in [-0.4, -0.2) is 32.2 Å². The molecule has 2 aromatic rings. The molecule has 6 nitrogen and oxygen atoms in total. The number of rotatable bonds is 5. The van der Waals surface area contributed by atoms with E-state index in [2.05, 4.69) is 20.8 Å². The molecule has 0 unspecified atom stereocenters. The van der Waals surface area contributed by atoms with Crippen LogP contribution in [0.1, 0.15) is 12.5 Å². The van der Waals surface area contributed by atoms with Crippen LogP contribution in [0.15, 0.2) is 30.6 Å². The Hall–Kier alpha value is -1.95. The summed E-state index contributed by atoms with van der Waals surface area (Å²) in [5, 5.41) is 14.2. The lowest BCUT2D eigenvalue weighted by molar-refractivity contribution is -0.122. The van der Waals surface area contributed by atoms with Crippen LogP contribution in [0.2, 0.25) is 5.02 Å². The standard InChI is InChI=1S/C12H14ClN5O/c1-9(6-10-4-2-3-5-11(10)13)15-12(19)7-18-8-14-16-17-18/h2-5,8-9H,6-7H2,1H3,(H,15,19)/t9-/m1/s1. The Balaban J connectivity index is 1.86. The van der Waals surface area contributed by atoms with E-state index in [4.69, 9.17) is 11.6 Å². The lowest BCUT2D eigenvalue weighted by Gasteiger charge is -2.14. The molecule has 0 spiro atoms. The fourth-order valence-electron chi connectivity index (χ4n) is 1.77. The van der Waals surface area contributed by atoms with Gasteiger partial charge in [-0.15, -0.1) is 5.10 Å². The summed E-state index contributed by atoms with van der Waals surface area (Å²) in [6.07, 6.45) is 2.08. The van der Waals surface area contributed by atoms with Crippen molar-refractivity contribution in [3.63, 3.8) is 0 Å². The predicted molar refractivity (Wildman–Crippen MR) is 70.6 cm³/mol. The topological polar surface area (TPSA) is 72.7 Å². The second-order valence-electron chi connectivity index (χ2n) is 4.27. The van der Waals surface area contributed by atoms with Crippen LogP contribution in [0.25, 0.3) is 0 Å². The number of nitrogens with one attached hydrogen (secondary N) is 1. The Bertz CT molecular complexity index is 543. The van der Waals surface area contributed by atoms with Crippen molar-refractivity contribution in [2.45, 2.75) is 25.9 Å². The number of halogens is 1. The Morgan fingerprint density at radius 2 is 2.26 bits per heavy atom. The molecule has 1 aromatic carbocycles. The zero-order valence-electron chi connectivity index (χ0n) is 10.5. The molecule has 19 heavy (non-hydrogen) atoms.